The molecule has 0 fully saturated rings. The zero-order valence-corrected chi connectivity index (χ0v) is 18.4. The molecule has 0 saturated heterocycles. The molecule has 1 unspecified atom stereocenters. The van der Waals surface area contributed by atoms with Crippen molar-refractivity contribution in [1.82, 2.24) is 0 Å². The first-order valence-electron chi connectivity index (χ1n) is 10.6. The Morgan fingerprint density at radius 2 is 1.31 bits per heavy atom. The van der Waals surface area contributed by atoms with Crippen molar-refractivity contribution in [2.45, 2.75) is 52.5 Å². The molecule has 0 saturated carbocycles. The largest absolute Gasteiger partial charge is 0.383 e. The van der Waals surface area contributed by atoms with E-state index < -0.39 is 0 Å². The van der Waals surface area contributed by atoms with Crippen LogP contribution in [0.4, 0.5) is 17.1 Å². The van der Waals surface area contributed by atoms with Gasteiger partial charge < -0.3 is 10.6 Å². The highest BCUT2D eigenvalue weighted by molar-refractivity contribution is 5.67. The SMILES string of the molecule is CC(C)CC(C)Nc1ccc(Nc2ccccc2C(C)(C)c2ccccc2)cc1. The lowest BCUT2D eigenvalue weighted by atomic mass is 9.77. The smallest absolute Gasteiger partial charge is 0.0425 e. The molecule has 3 rings (SSSR count). The third-order valence-electron chi connectivity index (χ3n) is 5.50. The van der Waals surface area contributed by atoms with Gasteiger partial charge in [-0.1, -0.05) is 76.2 Å². The average Bonchev–Trinajstić information content (AvgIpc) is 2.70. The van der Waals surface area contributed by atoms with E-state index in [1.807, 2.05) is 0 Å². The van der Waals surface area contributed by atoms with Gasteiger partial charge >= 0.3 is 0 Å². The van der Waals surface area contributed by atoms with Gasteiger partial charge in [-0.15, -0.1) is 0 Å². The Kier molecular flexibility index (Phi) is 6.64. The molecular formula is C27H34N2. The molecule has 0 heterocycles. The van der Waals surface area contributed by atoms with E-state index in [4.69, 9.17) is 0 Å². The molecule has 0 amide bonds. The number of rotatable bonds is 8. The van der Waals surface area contributed by atoms with E-state index in [2.05, 4.69) is 124 Å². The molecule has 0 spiro atoms. The van der Waals surface area contributed by atoms with Crippen LogP contribution >= 0.6 is 0 Å². The number of benzene rings is 3. The number of hydrogen-bond acceptors (Lipinski definition) is 2. The van der Waals surface area contributed by atoms with Crippen molar-refractivity contribution in [2.24, 2.45) is 5.92 Å². The predicted octanol–water partition coefficient (Wildman–Crippen LogP) is 7.60. The molecule has 0 bridgehead atoms. The van der Waals surface area contributed by atoms with Crippen molar-refractivity contribution < 1.29 is 0 Å². The Hall–Kier alpha value is -2.74. The van der Waals surface area contributed by atoms with Crippen LogP contribution in [0.15, 0.2) is 78.9 Å². The van der Waals surface area contributed by atoms with Crippen LogP contribution in [0.3, 0.4) is 0 Å². The standard InChI is InChI=1S/C27H34N2/c1-20(2)19-21(3)28-23-15-17-24(18-16-23)29-26-14-10-9-13-25(26)27(4,5)22-11-7-6-8-12-22/h6-18,20-21,28-29H,19H2,1-5H3. The topological polar surface area (TPSA) is 24.1 Å². The van der Waals surface area contributed by atoms with E-state index in [1.165, 1.54) is 23.2 Å². The fraction of sp³-hybridized carbons (Fsp3) is 0.333. The third-order valence-corrected chi connectivity index (χ3v) is 5.50. The third kappa shape index (κ3) is 5.41. The van der Waals surface area contributed by atoms with Crippen LogP contribution in [0.25, 0.3) is 0 Å². The normalized spacial score (nSPS) is 12.6. The molecule has 0 aromatic heterocycles. The maximum atomic E-state index is 3.63. The summed E-state index contributed by atoms with van der Waals surface area (Å²) < 4.78 is 0. The number of anilines is 3. The molecule has 2 N–H and O–H groups in total. The summed E-state index contributed by atoms with van der Waals surface area (Å²) in [4.78, 5) is 0. The summed E-state index contributed by atoms with van der Waals surface area (Å²) in [6.07, 6.45) is 1.17. The molecule has 0 aliphatic carbocycles. The van der Waals surface area contributed by atoms with Gasteiger partial charge in [-0.2, -0.15) is 0 Å². The van der Waals surface area contributed by atoms with Crippen molar-refractivity contribution in [3.8, 4) is 0 Å². The zero-order chi connectivity index (χ0) is 20.9. The van der Waals surface area contributed by atoms with Crippen molar-refractivity contribution in [2.75, 3.05) is 10.6 Å². The molecule has 3 aromatic carbocycles. The Labute approximate surface area is 176 Å². The minimum Gasteiger partial charge on any atom is -0.383 e. The maximum absolute atomic E-state index is 3.63. The van der Waals surface area contributed by atoms with Crippen molar-refractivity contribution >= 4 is 17.1 Å². The average molecular weight is 387 g/mol. The summed E-state index contributed by atoms with van der Waals surface area (Å²) >= 11 is 0. The first-order valence-corrected chi connectivity index (χ1v) is 10.6. The molecule has 152 valence electrons. The molecule has 2 heteroatoms. The van der Waals surface area contributed by atoms with E-state index in [9.17, 15) is 0 Å². The quantitative estimate of drug-likeness (QED) is 0.416. The second-order valence-corrected chi connectivity index (χ2v) is 8.91. The Balaban J connectivity index is 1.78. The minimum absolute atomic E-state index is 0.0847. The lowest BCUT2D eigenvalue weighted by Crippen LogP contribution is -2.20. The second kappa shape index (κ2) is 9.17. The van der Waals surface area contributed by atoms with Crippen LogP contribution in [0, 0.1) is 5.92 Å². The van der Waals surface area contributed by atoms with Crippen LogP contribution < -0.4 is 10.6 Å². The van der Waals surface area contributed by atoms with Gasteiger partial charge in [0.25, 0.3) is 0 Å². The Morgan fingerprint density at radius 3 is 1.97 bits per heavy atom. The van der Waals surface area contributed by atoms with Gasteiger partial charge in [-0.25, -0.2) is 0 Å². The van der Waals surface area contributed by atoms with Gasteiger partial charge in [0.05, 0.1) is 0 Å². The van der Waals surface area contributed by atoms with Crippen LogP contribution in [-0.2, 0) is 5.41 Å². The van der Waals surface area contributed by atoms with Gasteiger partial charge in [0.1, 0.15) is 0 Å². The molecule has 29 heavy (non-hydrogen) atoms. The van der Waals surface area contributed by atoms with E-state index >= 15 is 0 Å². The molecule has 3 aromatic rings. The van der Waals surface area contributed by atoms with Gasteiger partial charge in [0, 0.05) is 28.5 Å². The first-order chi connectivity index (χ1) is 13.9. The lowest BCUT2D eigenvalue weighted by Gasteiger charge is -2.29. The lowest BCUT2D eigenvalue weighted by molar-refractivity contribution is 0.540. The first kappa shape index (κ1) is 21.0. The maximum Gasteiger partial charge on any atom is 0.0425 e. The molecule has 0 aliphatic rings. The van der Waals surface area contributed by atoms with E-state index in [-0.39, 0.29) is 5.41 Å². The van der Waals surface area contributed by atoms with Crippen molar-refractivity contribution in [3.05, 3.63) is 90.0 Å². The predicted molar refractivity (Wildman–Crippen MR) is 127 cm³/mol. The zero-order valence-electron chi connectivity index (χ0n) is 18.4. The van der Waals surface area contributed by atoms with Crippen molar-refractivity contribution in [1.29, 1.82) is 0 Å². The Bertz CT molecular complexity index is 895. The van der Waals surface area contributed by atoms with Gasteiger partial charge in [-0.3, -0.25) is 0 Å². The summed E-state index contributed by atoms with van der Waals surface area (Å²) in [5.74, 6) is 0.697. The molecule has 0 aliphatic heterocycles. The van der Waals surface area contributed by atoms with Gasteiger partial charge in [-0.05, 0) is 60.7 Å². The highest BCUT2D eigenvalue weighted by Crippen LogP contribution is 2.37. The summed E-state index contributed by atoms with van der Waals surface area (Å²) in [6, 6.07) is 28.4. The fourth-order valence-corrected chi connectivity index (χ4v) is 4.00. The number of para-hydroxylation sites is 1. The molecule has 2 nitrogen and oxygen atoms in total. The number of nitrogens with one attached hydrogen (secondary N) is 2. The summed E-state index contributed by atoms with van der Waals surface area (Å²) in [6.45, 7) is 11.3. The van der Waals surface area contributed by atoms with E-state index in [0.29, 0.717) is 12.0 Å². The summed E-state index contributed by atoms with van der Waals surface area (Å²) in [5.41, 5.74) is 5.94. The minimum atomic E-state index is -0.0847. The summed E-state index contributed by atoms with van der Waals surface area (Å²) in [7, 11) is 0. The number of hydrogen-bond donors (Lipinski definition) is 2. The summed E-state index contributed by atoms with van der Waals surface area (Å²) in [5, 5.41) is 7.23. The van der Waals surface area contributed by atoms with Crippen LogP contribution in [0.5, 0.6) is 0 Å². The van der Waals surface area contributed by atoms with Gasteiger partial charge in [0.15, 0.2) is 0 Å². The fourth-order valence-electron chi connectivity index (χ4n) is 4.00. The van der Waals surface area contributed by atoms with E-state index in [1.54, 1.807) is 0 Å². The van der Waals surface area contributed by atoms with Crippen LogP contribution in [-0.4, -0.2) is 6.04 Å². The van der Waals surface area contributed by atoms with E-state index in [0.717, 1.165) is 11.4 Å². The highest BCUT2D eigenvalue weighted by atomic mass is 14.9. The van der Waals surface area contributed by atoms with Crippen molar-refractivity contribution in [3.63, 3.8) is 0 Å². The second-order valence-electron chi connectivity index (χ2n) is 8.91. The molecule has 0 radical (unpaired) electrons. The Morgan fingerprint density at radius 1 is 0.724 bits per heavy atom. The molecular weight excluding hydrogens is 352 g/mol. The van der Waals surface area contributed by atoms with Crippen LogP contribution in [0.1, 0.15) is 52.2 Å². The molecule has 1 atom stereocenters. The van der Waals surface area contributed by atoms with Crippen LogP contribution in [0.2, 0.25) is 0 Å². The van der Waals surface area contributed by atoms with Gasteiger partial charge in [0.2, 0.25) is 0 Å². The highest BCUT2D eigenvalue weighted by Gasteiger charge is 2.25. The monoisotopic (exact) mass is 386 g/mol.